The maximum Gasteiger partial charge on any atom is 0.243 e. The highest BCUT2D eigenvalue weighted by Gasteiger charge is 2.37. The van der Waals surface area contributed by atoms with Crippen molar-refractivity contribution in [3.05, 3.63) is 39.9 Å². The first-order valence-electron chi connectivity index (χ1n) is 11.4. The van der Waals surface area contributed by atoms with Crippen LogP contribution in [0.25, 0.3) is 0 Å². The van der Waals surface area contributed by atoms with E-state index in [2.05, 4.69) is 16.0 Å². The number of likely N-dealkylation sites (N-methyl/N-ethyl adjacent to an activating group) is 1. The molecular formula is C24H38N4O6. The molecule has 0 fully saturated rings. The molecule has 190 valence electrons. The molecular weight excluding hydrogens is 440 g/mol. The van der Waals surface area contributed by atoms with Gasteiger partial charge in [-0.1, -0.05) is 46.8 Å². The first kappa shape index (κ1) is 28.9. The largest absolute Gasteiger partial charge is 0.497 e. The van der Waals surface area contributed by atoms with Gasteiger partial charge < -0.3 is 20.7 Å². The Morgan fingerprint density at radius 3 is 2.24 bits per heavy atom. The maximum absolute atomic E-state index is 13.3. The van der Waals surface area contributed by atoms with Crippen LogP contribution in [-0.4, -0.2) is 55.4 Å². The molecule has 0 bridgehead atoms. The van der Waals surface area contributed by atoms with Gasteiger partial charge in [0.25, 0.3) is 0 Å². The number of hydrogen-bond acceptors (Lipinski definition) is 6. The summed E-state index contributed by atoms with van der Waals surface area (Å²) < 4.78 is 5.22. The van der Waals surface area contributed by atoms with Gasteiger partial charge in [0.2, 0.25) is 24.3 Å². The second-order valence-electron chi connectivity index (χ2n) is 9.88. The van der Waals surface area contributed by atoms with Crippen LogP contribution in [0.3, 0.4) is 0 Å². The van der Waals surface area contributed by atoms with Crippen molar-refractivity contribution >= 4 is 17.7 Å². The molecule has 3 atom stereocenters. The van der Waals surface area contributed by atoms with E-state index in [1.165, 1.54) is 7.05 Å². The molecule has 0 saturated carbocycles. The van der Waals surface area contributed by atoms with Crippen molar-refractivity contribution in [1.29, 1.82) is 0 Å². The topological polar surface area (TPSA) is 140 Å². The smallest absolute Gasteiger partial charge is 0.243 e. The average Bonchev–Trinajstić information content (AvgIpc) is 2.74. The van der Waals surface area contributed by atoms with Gasteiger partial charge in [0.05, 0.1) is 7.11 Å². The summed E-state index contributed by atoms with van der Waals surface area (Å²) in [6.45, 7) is 8.57. The SMILES string of the molecule is CNC(=O)[C@@H](Cc1cccc(OC)c1)NC(=O)[C@@H](NC(=O)[C@H](CC(C)C)C[N+](=O)[O-])C(C)(C)C. The maximum atomic E-state index is 13.3. The molecule has 34 heavy (non-hydrogen) atoms. The molecule has 1 rings (SSSR count). The quantitative estimate of drug-likeness (QED) is 0.310. The zero-order valence-electron chi connectivity index (χ0n) is 21.1. The summed E-state index contributed by atoms with van der Waals surface area (Å²) in [5.41, 5.74) is 0.0764. The van der Waals surface area contributed by atoms with Crippen LogP contribution in [0.2, 0.25) is 0 Å². The van der Waals surface area contributed by atoms with E-state index >= 15 is 0 Å². The summed E-state index contributed by atoms with van der Waals surface area (Å²) in [6, 6.07) is 5.27. The minimum atomic E-state index is -1.00. The van der Waals surface area contributed by atoms with Gasteiger partial charge in [-0.25, -0.2) is 0 Å². The third-order valence-electron chi connectivity index (χ3n) is 5.36. The van der Waals surface area contributed by atoms with E-state index < -0.39 is 46.7 Å². The Hall–Kier alpha value is -3.17. The number of nitrogens with one attached hydrogen (secondary N) is 3. The van der Waals surface area contributed by atoms with E-state index in [4.69, 9.17) is 4.74 Å². The fourth-order valence-electron chi connectivity index (χ4n) is 3.62. The van der Waals surface area contributed by atoms with Gasteiger partial charge in [-0.3, -0.25) is 24.5 Å². The molecule has 0 saturated heterocycles. The van der Waals surface area contributed by atoms with Crippen molar-refractivity contribution < 1.29 is 24.0 Å². The van der Waals surface area contributed by atoms with Gasteiger partial charge in [-0.15, -0.1) is 0 Å². The molecule has 0 spiro atoms. The summed E-state index contributed by atoms with van der Waals surface area (Å²) in [7, 11) is 3.02. The first-order valence-corrected chi connectivity index (χ1v) is 11.4. The van der Waals surface area contributed by atoms with Crippen LogP contribution in [0.5, 0.6) is 5.75 Å². The molecule has 3 amide bonds. The monoisotopic (exact) mass is 478 g/mol. The van der Waals surface area contributed by atoms with Crippen LogP contribution >= 0.6 is 0 Å². The third kappa shape index (κ3) is 9.36. The predicted molar refractivity (Wildman–Crippen MR) is 129 cm³/mol. The van der Waals surface area contributed by atoms with Crippen molar-refractivity contribution in [3.63, 3.8) is 0 Å². The Morgan fingerprint density at radius 1 is 1.09 bits per heavy atom. The number of carbonyl (C=O) groups excluding carboxylic acids is 3. The Kier molecular flexibility index (Phi) is 11.0. The molecule has 0 aromatic heterocycles. The van der Waals surface area contributed by atoms with Crippen molar-refractivity contribution in [1.82, 2.24) is 16.0 Å². The fraction of sp³-hybridized carbons (Fsp3) is 0.625. The number of nitrogens with zero attached hydrogens (tertiary/aromatic N) is 1. The van der Waals surface area contributed by atoms with Crippen LogP contribution in [-0.2, 0) is 20.8 Å². The van der Waals surface area contributed by atoms with Crippen molar-refractivity contribution in [2.45, 2.75) is 59.5 Å². The van der Waals surface area contributed by atoms with Gasteiger partial charge in [-0.05, 0) is 35.4 Å². The van der Waals surface area contributed by atoms with Gasteiger partial charge >= 0.3 is 0 Å². The highest BCUT2D eigenvalue weighted by Crippen LogP contribution is 2.22. The normalized spacial score (nSPS) is 14.0. The zero-order chi connectivity index (χ0) is 26.1. The molecule has 1 aromatic carbocycles. The lowest BCUT2D eigenvalue weighted by molar-refractivity contribution is -0.486. The fourth-order valence-corrected chi connectivity index (χ4v) is 3.62. The Labute approximate surface area is 201 Å². The van der Waals surface area contributed by atoms with Crippen molar-refractivity contribution in [2.24, 2.45) is 17.3 Å². The van der Waals surface area contributed by atoms with Gasteiger partial charge in [0.1, 0.15) is 23.8 Å². The lowest BCUT2D eigenvalue weighted by atomic mass is 9.85. The third-order valence-corrected chi connectivity index (χ3v) is 5.36. The Morgan fingerprint density at radius 2 is 1.74 bits per heavy atom. The molecule has 0 aliphatic carbocycles. The van der Waals surface area contributed by atoms with Gasteiger partial charge in [-0.2, -0.15) is 0 Å². The molecule has 0 aliphatic heterocycles. The highest BCUT2D eigenvalue weighted by atomic mass is 16.6. The van der Waals surface area contributed by atoms with E-state index in [-0.39, 0.29) is 18.2 Å². The van der Waals surface area contributed by atoms with Gasteiger partial charge in [0.15, 0.2) is 0 Å². The summed E-state index contributed by atoms with van der Waals surface area (Å²) in [4.78, 5) is 49.3. The molecule has 1 aromatic rings. The van der Waals surface area contributed by atoms with Crippen molar-refractivity contribution in [3.8, 4) is 5.75 Å². The van der Waals surface area contributed by atoms with E-state index in [1.807, 2.05) is 19.9 Å². The number of rotatable bonds is 12. The van der Waals surface area contributed by atoms with E-state index in [9.17, 15) is 24.5 Å². The van der Waals surface area contributed by atoms with Crippen LogP contribution in [0.15, 0.2) is 24.3 Å². The second kappa shape index (κ2) is 12.9. The molecule has 0 aliphatic rings. The highest BCUT2D eigenvalue weighted by molar-refractivity contribution is 5.93. The van der Waals surface area contributed by atoms with E-state index in [1.54, 1.807) is 46.1 Å². The van der Waals surface area contributed by atoms with Crippen LogP contribution < -0.4 is 20.7 Å². The number of hydrogen-bond donors (Lipinski definition) is 3. The molecule has 10 nitrogen and oxygen atoms in total. The standard InChI is InChI=1S/C24H38N4O6/c1-15(2)11-17(14-28(32)33)21(29)27-20(24(3,4)5)23(31)26-19(22(30)25-6)13-16-9-8-10-18(12-16)34-7/h8-10,12,15,17,19-20H,11,13-14H2,1-7H3,(H,25,30)(H,26,31)(H,27,29)/t17-,19-,20-/m1/s1. The number of benzene rings is 1. The first-order chi connectivity index (χ1) is 15.8. The second-order valence-corrected chi connectivity index (χ2v) is 9.88. The molecule has 10 heteroatoms. The number of carbonyl (C=O) groups is 3. The number of methoxy groups -OCH3 is 1. The summed E-state index contributed by atoms with van der Waals surface area (Å²) >= 11 is 0. The molecule has 3 N–H and O–H groups in total. The molecule has 0 heterocycles. The van der Waals surface area contributed by atoms with E-state index in [0.717, 1.165) is 5.56 Å². The number of ether oxygens (including phenoxy) is 1. The van der Waals surface area contributed by atoms with Crippen molar-refractivity contribution in [2.75, 3.05) is 20.7 Å². The number of nitro groups is 1. The summed E-state index contributed by atoms with van der Waals surface area (Å²) in [5, 5.41) is 19.1. The van der Waals surface area contributed by atoms with Crippen LogP contribution in [0.1, 0.15) is 46.6 Å². The Balaban J connectivity index is 3.11. The lowest BCUT2D eigenvalue weighted by Gasteiger charge is -2.32. The van der Waals surface area contributed by atoms with Crippen LogP contribution in [0, 0.1) is 27.4 Å². The zero-order valence-corrected chi connectivity index (χ0v) is 21.1. The molecule has 0 radical (unpaired) electrons. The lowest BCUT2D eigenvalue weighted by Crippen LogP contribution is -2.59. The van der Waals surface area contributed by atoms with Crippen LogP contribution in [0.4, 0.5) is 0 Å². The minimum Gasteiger partial charge on any atom is -0.497 e. The Bertz CT molecular complexity index is 865. The molecule has 0 unspecified atom stereocenters. The predicted octanol–water partition coefficient (Wildman–Crippen LogP) is 1.94. The van der Waals surface area contributed by atoms with E-state index in [0.29, 0.717) is 12.2 Å². The minimum absolute atomic E-state index is 0.0677. The summed E-state index contributed by atoms with van der Waals surface area (Å²) in [5.74, 6) is -1.65. The van der Waals surface area contributed by atoms with Gasteiger partial charge in [0, 0.05) is 18.4 Å². The average molecular weight is 479 g/mol. The number of amides is 3. The summed E-state index contributed by atoms with van der Waals surface area (Å²) in [6.07, 6.45) is 0.534.